The van der Waals surface area contributed by atoms with Crippen LogP contribution in [0.4, 0.5) is 11.8 Å². The Kier molecular flexibility index (Phi) is 4.61. The van der Waals surface area contributed by atoms with Crippen LogP contribution in [0, 0.1) is 6.92 Å². The molecule has 0 atom stereocenters. The number of ether oxygens (including phenoxy) is 1. The van der Waals surface area contributed by atoms with E-state index in [4.69, 9.17) is 4.74 Å². The summed E-state index contributed by atoms with van der Waals surface area (Å²) in [7, 11) is 1.67. The van der Waals surface area contributed by atoms with Crippen molar-refractivity contribution in [1.82, 2.24) is 24.6 Å². The smallest absolute Gasteiger partial charge is 0.249 e. The number of aromatic nitrogens is 5. The Morgan fingerprint density at radius 1 is 0.967 bits per heavy atom. The van der Waals surface area contributed by atoms with Crippen LogP contribution >= 0.6 is 11.3 Å². The van der Waals surface area contributed by atoms with Crippen molar-refractivity contribution in [1.29, 1.82) is 0 Å². The van der Waals surface area contributed by atoms with Crippen molar-refractivity contribution in [2.45, 2.75) is 6.92 Å². The van der Waals surface area contributed by atoms with Crippen LogP contribution in [-0.4, -0.2) is 31.7 Å². The number of methoxy groups -OCH3 is 1. The number of para-hydroxylation sites is 1. The van der Waals surface area contributed by atoms with Crippen LogP contribution in [0.1, 0.15) is 5.82 Å². The number of thiazole rings is 1. The Hall–Kier alpha value is -3.78. The number of anilines is 2. The fourth-order valence-electron chi connectivity index (χ4n) is 3.28. The van der Waals surface area contributed by atoms with E-state index in [2.05, 4.69) is 25.4 Å². The molecule has 0 saturated carbocycles. The number of aryl methyl sites for hydroxylation is 1. The number of benzene rings is 2. The van der Waals surface area contributed by atoms with E-state index in [1.54, 1.807) is 7.11 Å². The molecule has 3 aromatic heterocycles. The average Bonchev–Trinajstić information content (AvgIpc) is 3.34. The zero-order valence-electron chi connectivity index (χ0n) is 16.4. The molecule has 2 aromatic carbocycles. The van der Waals surface area contributed by atoms with Gasteiger partial charge in [-0.3, -0.25) is 0 Å². The number of fused-ring (bicyclic) bond motifs is 1. The lowest BCUT2D eigenvalue weighted by molar-refractivity contribution is 0.416. The Balaban J connectivity index is 1.50. The maximum atomic E-state index is 5.50. The lowest BCUT2D eigenvalue weighted by Gasteiger charge is -2.07. The first kappa shape index (κ1) is 18.3. The highest BCUT2D eigenvalue weighted by Gasteiger charge is 2.15. The van der Waals surface area contributed by atoms with Gasteiger partial charge in [-0.05, 0) is 19.1 Å². The van der Waals surface area contributed by atoms with Crippen molar-refractivity contribution in [2.75, 3.05) is 12.4 Å². The molecule has 5 aromatic rings. The van der Waals surface area contributed by atoms with Gasteiger partial charge in [0.25, 0.3) is 0 Å². The highest BCUT2D eigenvalue weighted by molar-refractivity contribution is 7.15. The van der Waals surface area contributed by atoms with Gasteiger partial charge in [-0.1, -0.05) is 42.5 Å². The Bertz CT molecular complexity index is 1330. The van der Waals surface area contributed by atoms with E-state index in [0.717, 1.165) is 33.2 Å². The Labute approximate surface area is 177 Å². The van der Waals surface area contributed by atoms with Crippen molar-refractivity contribution < 1.29 is 4.74 Å². The van der Waals surface area contributed by atoms with Gasteiger partial charge in [-0.15, -0.1) is 16.4 Å². The monoisotopic (exact) mass is 414 g/mol. The predicted octanol–water partition coefficient (Wildman–Crippen LogP) is 4.98. The number of hydrogen-bond donors (Lipinski definition) is 1. The van der Waals surface area contributed by atoms with Crippen molar-refractivity contribution in [3.8, 4) is 28.3 Å². The standard InChI is InChI=1S/C22H18N6OS/c1-14-23-17(15-8-4-3-5-9-15)12-20(24-14)25-21-26-22-28(27-21)18(13-30-22)16-10-6-7-11-19(16)29-2/h3-13H,1-2H3,(H,23,24,25,27). The highest BCUT2D eigenvalue weighted by Crippen LogP contribution is 2.33. The molecule has 3 heterocycles. The minimum atomic E-state index is 0.482. The molecule has 8 heteroatoms. The van der Waals surface area contributed by atoms with Gasteiger partial charge in [0.1, 0.15) is 17.4 Å². The van der Waals surface area contributed by atoms with Gasteiger partial charge in [-0.25, -0.2) is 14.5 Å². The third-order valence-corrected chi connectivity index (χ3v) is 5.43. The fourth-order valence-corrected chi connectivity index (χ4v) is 4.10. The molecule has 30 heavy (non-hydrogen) atoms. The summed E-state index contributed by atoms with van der Waals surface area (Å²) in [5.74, 6) is 2.60. The molecule has 5 rings (SSSR count). The van der Waals surface area contributed by atoms with Crippen molar-refractivity contribution in [3.05, 3.63) is 71.9 Å². The third kappa shape index (κ3) is 3.37. The van der Waals surface area contributed by atoms with Gasteiger partial charge >= 0.3 is 0 Å². The molecular formula is C22H18N6OS. The van der Waals surface area contributed by atoms with E-state index in [-0.39, 0.29) is 0 Å². The van der Waals surface area contributed by atoms with E-state index in [1.165, 1.54) is 11.3 Å². The summed E-state index contributed by atoms with van der Waals surface area (Å²) in [5, 5.41) is 9.89. The van der Waals surface area contributed by atoms with Crippen LogP contribution in [0.15, 0.2) is 66.0 Å². The average molecular weight is 414 g/mol. The van der Waals surface area contributed by atoms with Crippen LogP contribution in [0.3, 0.4) is 0 Å². The van der Waals surface area contributed by atoms with Gasteiger partial charge in [0, 0.05) is 22.6 Å². The second kappa shape index (κ2) is 7.57. The maximum absolute atomic E-state index is 5.50. The first-order chi connectivity index (χ1) is 14.7. The second-order valence-corrected chi connectivity index (χ2v) is 7.46. The molecule has 0 fully saturated rings. The third-order valence-electron chi connectivity index (χ3n) is 4.61. The minimum Gasteiger partial charge on any atom is -0.496 e. The summed E-state index contributed by atoms with van der Waals surface area (Å²) in [6.45, 7) is 1.87. The minimum absolute atomic E-state index is 0.482. The molecule has 0 amide bonds. The molecule has 0 radical (unpaired) electrons. The molecule has 1 N–H and O–H groups in total. The number of rotatable bonds is 5. The van der Waals surface area contributed by atoms with Gasteiger partial charge in [0.05, 0.1) is 18.5 Å². The molecule has 7 nitrogen and oxygen atoms in total. The van der Waals surface area contributed by atoms with Gasteiger partial charge < -0.3 is 10.1 Å². The first-order valence-electron chi connectivity index (χ1n) is 9.37. The zero-order chi connectivity index (χ0) is 20.5. The zero-order valence-corrected chi connectivity index (χ0v) is 17.2. The lowest BCUT2D eigenvalue weighted by atomic mass is 10.1. The lowest BCUT2D eigenvalue weighted by Crippen LogP contribution is -2.00. The summed E-state index contributed by atoms with van der Waals surface area (Å²) in [5.41, 5.74) is 3.77. The van der Waals surface area contributed by atoms with Crippen LogP contribution in [-0.2, 0) is 0 Å². The largest absolute Gasteiger partial charge is 0.496 e. The van der Waals surface area contributed by atoms with Crippen molar-refractivity contribution >= 4 is 28.1 Å². The molecule has 148 valence electrons. The van der Waals surface area contributed by atoms with E-state index < -0.39 is 0 Å². The summed E-state index contributed by atoms with van der Waals surface area (Å²) >= 11 is 1.52. The molecular weight excluding hydrogens is 396 g/mol. The van der Waals surface area contributed by atoms with Crippen molar-refractivity contribution in [3.63, 3.8) is 0 Å². The quantitative estimate of drug-likeness (QED) is 0.437. The molecule has 0 aliphatic carbocycles. The van der Waals surface area contributed by atoms with E-state index in [0.29, 0.717) is 17.6 Å². The van der Waals surface area contributed by atoms with Crippen LogP contribution < -0.4 is 10.1 Å². The fraction of sp³-hybridized carbons (Fsp3) is 0.0909. The molecule has 0 saturated heterocycles. The molecule has 0 aliphatic rings. The summed E-state index contributed by atoms with van der Waals surface area (Å²) in [6.07, 6.45) is 0. The number of hydrogen-bond acceptors (Lipinski definition) is 7. The van der Waals surface area contributed by atoms with Gasteiger partial charge in [0.2, 0.25) is 10.9 Å². The highest BCUT2D eigenvalue weighted by atomic mass is 32.1. The van der Waals surface area contributed by atoms with Gasteiger partial charge in [-0.2, -0.15) is 4.98 Å². The molecule has 0 unspecified atom stereocenters. The molecule has 0 aliphatic heterocycles. The van der Waals surface area contributed by atoms with Crippen LogP contribution in [0.5, 0.6) is 5.75 Å². The first-order valence-corrected chi connectivity index (χ1v) is 10.2. The normalized spacial score (nSPS) is 11.0. The van der Waals surface area contributed by atoms with Crippen LogP contribution in [0.2, 0.25) is 0 Å². The molecule has 0 bridgehead atoms. The number of nitrogens with one attached hydrogen (secondary N) is 1. The van der Waals surface area contributed by atoms with E-state index in [9.17, 15) is 0 Å². The maximum Gasteiger partial charge on any atom is 0.249 e. The SMILES string of the molecule is COc1ccccc1-c1csc2nc(Nc3cc(-c4ccccc4)nc(C)n3)nn12. The summed E-state index contributed by atoms with van der Waals surface area (Å²) in [6, 6.07) is 19.8. The van der Waals surface area contributed by atoms with E-state index >= 15 is 0 Å². The van der Waals surface area contributed by atoms with E-state index in [1.807, 2.05) is 77.5 Å². The summed E-state index contributed by atoms with van der Waals surface area (Å²) < 4.78 is 7.32. The second-order valence-electron chi connectivity index (χ2n) is 6.63. The summed E-state index contributed by atoms with van der Waals surface area (Å²) in [4.78, 5) is 14.4. The van der Waals surface area contributed by atoms with Gasteiger partial charge in [0.15, 0.2) is 0 Å². The Morgan fingerprint density at radius 2 is 1.77 bits per heavy atom. The Morgan fingerprint density at radius 3 is 2.60 bits per heavy atom. The van der Waals surface area contributed by atoms with Crippen molar-refractivity contribution in [2.24, 2.45) is 0 Å². The topological polar surface area (TPSA) is 77.2 Å². The predicted molar refractivity (Wildman–Crippen MR) is 118 cm³/mol. The van der Waals surface area contributed by atoms with Crippen LogP contribution in [0.25, 0.3) is 27.5 Å². The number of nitrogens with zero attached hydrogens (tertiary/aromatic N) is 5. The molecule has 0 spiro atoms.